The van der Waals surface area contributed by atoms with E-state index < -0.39 is 0 Å². The lowest BCUT2D eigenvalue weighted by Crippen LogP contribution is -2.25. The maximum Gasteiger partial charge on any atom is 0.138 e. The molecule has 0 radical (unpaired) electrons. The first-order chi connectivity index (χ1) is 8.29. The molecule has 17 heavy (non-hydrogen) atoms. The van der Waals surface area contributed by atoms with Crippen LogP contribution in [0.1, 0.15) is 44.9 Å². The van der Waals surface area contributed by atoms with Crippen molar-refractivity contribution in [2.75, 3.05) is 0 Å². The highest BCUT2D eigenvalue weighted by Crippen LogP contribution is 2.21. The number of rotatable bonds is 5. The summed E-state index contributed by atoms with van der Waals surface area (Å²) in [7, 11) is 0. The minimum Gasteiger partial charge on any atom is -0.327 e. The zero-order valence-corrected chi connectivity index (χ0v) is 10.6. The highest BCUT2D eigenvalue weighted by Gasteiger charge is 2.12. The fraction of sp³-hybridized carbons (Fsp3) is 0.692. The Kier molecular flexibility index (Phi) is 4.31. The first kappa shape index (κ1) is 12.3. The standard InChI is InChI=1S/C13H22N4/c1-2-17-13(15-10-16-17)9-12(14)8-11-6-4-3-5-7-11/h6,10,12H,2-5,7-9,14H2,1H3. The van der Waals surface area contributed by atoms with Gasteiger partial charge in [-0.3, -0.25) is 4.68 Å². The Labute approximate surface area is 103 Å². The second kappa shape index (κ2) is 5.96. The molecule has 94 valence electrons. The van der Waals surface area contributed by atoms with Crippen molar-refractivity contribution in [2.24, 2.45) is 5.73 Å². The Morgan fingerprint density at radius 2 is 2.29 bits per heavy atom. The third-order valence-corrected chi connectivity index (χ3v) is 3.35. The molecule has 2 rings (SSSR count). The van der Waals surface area contributed by atoms with Crippen molar-refractivity contribution in [1.82, 2.24) is 14.8 Å². The lowest BCUT2D eigenvalue weighted by Gasteiger charge is -2.17. The Morgan fingerprint density at radius 1 is 1.41 bits per heavy atom. The minimum absolute atomic E-state index is 0.175. The monoisotopic (exact) mass is 234 g/mol. The summed E-state index contributed by atoms with van der Waals surface area (Å²) < 4.78 is 1.93. The van der Waals surface area contributed by atoms with Gasteiger partial charge in [-0.05, 0) is 39.0 Å². The summed E-state index contributed by atoms with van der Waals surface area (Å²) in [6.45, 7) is 2.94. The maximum atomic E-state index is 6.20. The predicted octanol–water partition coefficient (Wildman–Crippen LogP) is 2.06. The van der Waals surface area contributed by atoms with Crippen molar-refractivity contribution in [2.45, 2.75) is 58.0 Å². The largest absolute Gasteiger partial charge is 0.327 e. The molecule has 1 aromatic heterocycles. The molecule has 0 aliphatic heterocycles. The lowest BCUT2D eigenvalue weighted by atomic mass is 9.93. The summed E-state index contributed by atoms with van der Waals surface area (Å²) in [6, 6.07) is 0.175. The van der Waals surface area contributed by atoms with Crippen LogP contribution in [0.3, 0.4) is 0 Å². The average molecular weight is 234 g/mol. The number of nitrogens with two attached hydrogens (primary N) is 1. The highest BCUT2D eigenvalue weighted by molar-refractivity contribution is 5.07. The van der Waals surface area contributed by atoms with E-state index in [9.17, 15) is 0 Å². The van der Waals surface area contributed by atoms with Crippen LogP contribution >= 0.6 is 0 Å². The van der Waals surface area contributed by atoms with Gasteiger partial charge in [0.1, 0.15) is 12.2 Å². The molecule has 1 aromatic rings. The first-order valence-electron chi connectivity index (χ1n) is 6.59. The fourth-order valence-corrected chi connectivity index (χ4v) is 2.44. The van der Waals surface area contributed by atoms with E-state index >= 15 is 0 Å². The van der Waals surface area contributed by atoms with E-state index in [1.807, 2.05) is 4.68 Å². The number of aryl methyl sites for hydroxylation is 1. The van der Waals surface area contributed by atoms with Gasteiger partial charge in [-0.1, -0.05) is 11.6 Å². The van der Waals surface area contributed by atoms with Crippen molar-refractivity contribution in [3.8, 4) is 0 Å². The molecule has 0 saturated carbocycles. The van der Waals surface area contributed by atoms with Gasteiger partial charge >= 0.3 is 0 Å². The molecule has 0 amide bonds. The van der Waals surface area contributed by atoms with E-state index in [1.54, 1.807) is 6.33 Å². The highest BCUT2D eigenvalue weighted by atomic mass is 15.3. The summed E-state index contributed by atoms with van der Waals surface area (Å²) in [5, 5.41) is 4.17. The topological polar surface area (TPSA) is 56.7 Å². The van der Waals surface area contributed by atoms with Gasteiger partial charge in [0.15, 0.2) is 0 Å². The van der Waals surface area contributed by atoms with Gasteiger partial charge in [-0.2, -0.15) is 5.10 Å². The molecule has 0 spiro atoms. The number of hydrogen-bond donors (Lipinski definition) is 1. The van der Waals surface area contributed by atoms with E-state index in [1.165, 1.54) is 31.3 Å². The molecular formula is C13H22N4. The molecule has 0 bridgehead atoms. The number of nitrogens with zero attached hydrogens (tertiary/aromatic N) is 3. The third-order valence-electron chi connectivity index (χ3n) is 3.35. The normalized spacial score (nSPS) is 17.9. The molecule has 4 nitrogen and oxygen atoms in total. The third kappa shape index (κ3) is 3.40. The van der Waals surface area contributed by atoms with Crippen LogP contribution in [0.4, 0.5) is 0 Å². The maximum absolute atomic E-state index is 6.20. The Bertz CT molecular complexity index is 381. The zero-order chi connectivity index (χ0) is 12.1. The Morgan fingerprint density at radius 3 is 3.00 bits per heavy atom. The summed E-state index contributed by atoms with van der Waals surface area (Å²) in [5.41, 5.74) is 7.73. The van der Waals surface area contributed by atoms with E-state index in [-0.39, 0.29) is 6.04 Å². The summed E-state index contributed by atoms with van der Waals surface area (Å²) in [4.78, 5) is 4.27. The molecule has 1 atom stereocenters. The van der Waals surface area contributed by atoms with E-state index in [0.717, 1.165) is 25.2 Å². The van der Waals surface area contributed by atoms with E-state index in [4.69, 9.17) is 5.73 Å². The average Bonchev–Trinajstić information content (AvgIpc) is 2.77. The quantitative estimate of drug-likeness (QED) is 0.793. The second-order valence-corrected chi connectivity index (χ2v) is 4.77. The van der Waals surface area contributed by atoms with Crippen LogP contribution in [0, 0.1) is 0 Å². The van der Waals surface area contributed by atoms with Crippen LogP contribution < -0.4 is 5.73 Å². The van der Waals surface area contributed by atoms with Gasteiger partial charge in [-0.15, -0.1) is 0 Å². The van der Waals surface area contributed by atoms with Crippen LogP contribution in [-0.2, 0) is 13.0 Å². The fourth-order valence-electron chi connectivity index (χ4n) is 2.44. The number of allylic oxidation sites excluding steroid dienone is 1. The Hall–Kier alpha value is -1.16. The van der Waals surface area contributed by atoms with Crippen LogP contribution in [0.5, 0.6) is 0 Å². The molecule has 2 N–H and O–H groups in total. The van der Waals surface area contributed by atoms with Gasteiger partial charge in [0.05, 0.1) is 0 Å². The van der Waals surface area contributed by atoms with Crippen LogP contribution in [0.15, 0.2) is 18.0 Å². The van der Waals surface area contributed by atoms with Crippen molar-refractivity contribution in [3.63, 3.8) is 0 Å². The van der Waals surface area contributed by atoms with E-state index in [2.05, 4.69) is 23.1 Å². The summed E-state index contributed by atoms with van der Waals surface area (Å²) in [5.74, 6) is 1.01. The SMILES string of the molecule is CCn1ncnc1CC(N)CC1=CCCCC1. The van der Waals surface area contributed by atoms with Gasteiger partial charge < -0.3 is 5.73 Å². The molecule has 0 saturated heterocycles. The first-order valence-corrected chi connectivity index (χ1v) is 6.59. The van der Waals surface area contributed by atoms with Crippen molar-refractivity contribution >= 4 is 0 Å². The van der Waals surface area contributed by atoms with Crippen LogP contribution in [0.25, 0.3) is 0 Å². The second-order valence-electron chi connectivity index (χ2n) is 4.77. The number of aromatic nitrogens is 3. The van der Waals surface area contributed by atoms with Gasteiger partial charge in [0.2, 0.25) is 0 Å². The molecule has 1 aliphatic rings. The van der Waals surface area contributed by atoms with Gasteiger partial charge in [0.25, 0.3) is 0 Å². The zero-order valence-electron chi connectivity index (χ0n) is 10.6. The smallest absolute Gasteiger partial charge is 0.138 e. The molecule has 1 heterocycles. The minimum atomic E-state index is 0.175. The van der Waals surface area contributed by atoms with Crippen molar-refractivity contribution in [1.29, 1.82) is 0 Å². The van der Waals surface area contributed by atoms with Crippen molar-refractivity contribution < 1.29 is 0 Å². The molecule has 4 heteroatoms. The molecule has 0 aromatic carbocycles. The molecular weight excluding hydrogens is 212 g/mol. The predicted molar refractivity (Wildman–Crippen MR) is 68.5 cm³/mol. The lowest BCUT2D eigenvalue weighted by molar-refractivity contribution is 0.553. The molecule has 0 fully saturated rings. The van der Waals surface area contributed by atoms with Crippen molar-refractivity contribution in [3.05, 3.63) is 23.8 Å². The van der Waals surface area contributed by atoms with Crippen LogP contribution in [-0.4, -0.2) is 20.8 Å². The van der Waals surface area contributed by atoms with E-state index in [0.29, 0.717) is 0 Å². The molecule has 1 aliphatic carbocycles. The summed E-state index contributed by atoms with van der Waals surface area (Å²) >= 11 is 0. The Balaban J connectivity index is 1.88. The van der Waals surface area contributed by atoms with Crippen LogP contribution in [0.2, 0.25) is 0 Å². The summed E-state index contributed by atoms with van der Waals surface area (Å²) in [6.07, 6.45) is 10.9. The molecule has 1 unspecified atom stereocenters. The van der Waals surface area contributed by atoms with Gasteiger partial charge in [0, 0.05) is 19.0 Å². The van der Waals surface area contributed by atoms with Gasteiger partial charge in [-0.25, -0.2) is 4.98 Å². The number of hydrogen-bond acceptors (Lipinski definition) is 3.